The predicted octanol–water partition coefficient (Wildman–Crippen LogP) is 2.87. The fraction of sp³-hybridized carbons (Fsp3) is 0.929. The lowest BCUT2D eigenvalue weighted by Gasteiger charge is -2.23. The molecular formula is C14H27NO2. The van der Waals surface area contributed by atoms with Gasteiger partial charge in [-0.15, -0.1) is 0 Å². The molecule has 0 aliphatic heterocycles. The van der Waals surface area contributed by atoms with Gasteiger partial charge in [-0.1, -0.05) is 51.9 Å². The molecule has 1 saturated carbocycles. The smallest absolute Gasteiger partial charge is 0.322 e. The van der Waals surface area contributed by atoms with Crippen LogP contribution in [0.4, 0.5) is 0 Å². The van der Waals surface area contributed by atoms with Crippen molar-refractivity contribution in [2.75, 3.05) is 7.11 Å². The Morgan fingerprint density at radius 2 is 2.00 bits per heavy atom. The number of rotatable bonds is 6. The summed E-state index contributed by atoms with van der Waals surface area (Å²) in [6, 6.07) is -0.443. The Hall–Kier alpha value is -0.570. The van der Waals surface area contributed by atoms with Crippen LogP contribution in [-0.4, -0.2) is 19.1 Å². The highest BCUT2D eigenvalue weighted by atomic mass is 16.5. The van der Waals surface area contributed by atoms with Crippen LogP contribution in [0.15, 0.2) is 0 Å². The van der Waals surface area contributed by atoms with Crippen LogP contribution in [0.5, 0.6) is 0 Å². The lowest BCUT2D eigenvalue weighted by atomic mass is 9.83. The molecule has 0 radical (unpaired) electrons. The zero-order valence-corrected chi connectivity index (χ0v) is 11.3. The van der Waals surface area contributed by atoms with E-state index in [-0.39, 0.29) is 5.97 Å². The van der Waals surface area contributed by atoms with Gasteiger partial charge >= 0.3 is 5.97 Å². The third kappa shape index (κ3) is 5.53. The van der Waals surface area contributed by atoms with Crippen molar-refractivity contribution in [2.24, 2.45) is 17.6 Å². The van der Waals surface area contributed by atoms with Crippen LogP contribution in [0.3, 0.4) is 0 Å². The van der Waals surface area contributed by atoms with E-state index >= 15 is 0 Å². The van der Waals surface area contributed by atoms with Gasteiger partial charge in [0.15, 0.2) is 0 Å². The molecule has 0 aromatic carbocycles. The molecule has 0 aromatic heterocycles. The highest BCUT2D eigenvalue weighted by Gasteiger charge is 2.19. The first-order chi connectivity index (χ1) is 8.13. The summed E-state index contributed by atoms with van der Waals surface area (Å²) in [5, 5.41) is 0. The summed E-state index contributed by atoms with van der Waals surface area (Å²) in [6.07, 6.45) is 10.3. The molecule has 0 saturated heterocycles. The standard InChI is InChI=1S/C14H27NO2/c1-11(10-13(15)14(16)17-2)8-9-12-6-4-3-5-7-12/h11-13H,3-10,15H2,1-2H3. The highest BCUT2D eigenvalue weighted by Crippen LogP contribution is 2.29. The van der Waals surface area contributed by atoms with Gasteiger partial charge < -0.3 is 10.5 Å². The predicted molar refractivity (Wildman–Crippen MR) is 69.6 cm³/mol. The maximum Gasteiger partial charge on any atom is 0.322 e. The summed E-state index contributed by atoms with van der Waals surface area (Å²) >= 11 is 0. The third-order valence-corrected chi connectivity index (χ3v) is 3.95. The Kier molecular flexibility index (Phi) is 6.56. The van der Waals surface area contributed by atoms with Crippen molar-refractivity contribution >= 4 is 5.97 Å². The largest absolute Gasteiger partial charge is 0.468 e. The molecule has 0 spiro atoms. The van der Waals surface area contributed by atoms with E-state index in [0.717, 1.165) is 12.3 Å². The lowest BCUT2D eigenvalue weighted by molar-refractivity contribution is -0.142. The minimum Gasteiger partial charge on any atom is -0.468 e. The molecule has 1 aliphatic rings. The Bertz CT molecular complexity index is 224. The van der Waals surface area contributed by atoms with Crippen molar-refractivity contribution < 1.29 is 9.53 Å². The fourth-order valence-corrected chi connectivity index (χ4v) is 2.79. The molecule has 0 heterocycles. The number of hydrogen-bond acceptors (Lipinski definition) is 3. The van der Waals surface area contributed by atoms with Crippen LogP contribution < -0.4 is 5.73 Å². The molecule has 1 aliphatic carbocycles. The first kappa shape index (κ1) is 14.5. The normalized spacial score (nSPS) is 20.9. The van der Waals surface area contributed by atoms with E-state index in [4.69, 9.17) is 5.73 Å². The number of carbonyl (C=O) groups is 1. The number of hydrogen-bond donors (Lipinski definition) is 1. The average molecular weight is 241 g/mol. The molecule has 2 N–H and O–H groups in total. The quantitative estimate of drug-likeness (QED) is 0.727. The highest BCUT2D eigenvalue weighted by molar-refractivity contribution is 5.75. The van der Waals surface area contributed by atoms with Gasteiger partial charge in [0.2, 0.25) is 0 Å². The Morgan fingerprint density at radius 3 is 2.59 bits per heavy atom. The van der Waals surface area contributed by atoms with Crippen LogP contribution in [0.25, 0.3) is 0 Å². The van der Waals surface area contributed by atoms with Gasteiger partial charge in [0.25, 0.3) is 0 Å². The van der Waals surface area contributed by atoms with Crippen LogP contribution in [0, 0.1) is 11.8 Å². The number of ether oxygens (including phenoxy) is 1. The van der Waals surface area contributed by atoms with E-state index in [2.05, 4.69) is 11.7 Å². The SMILES string of the molecule is COC(=O)C(N)CC(C)CCC1CCCCC1. The van der Waals surface area contributed by atoms with E-state index in [9.17, 15) is 4.79 Å². The molecule has 0 aromatic rings. The second kappa shape index (κ2) is 7.70. The van der Waals surface area contributed by atoms with Gasteiger partial charge in [-0.3, -0.25) is 4.79 Å². The van der Waals surface area contributed by atoms with Gasteiger partial charge in [0.1, 0.15) is 6.04 Å². The molecule has 3 heteroatoms. The van der Waals surface area contributed by atoms with Gasteiger partial charge in [0, 0.05) is 0 Å². The number of methoxy groups -OCH3 is 1. The van der Waals surface area contributed by atoms with Crippen molar-refractivity contribution in [2.45, 2.75) is 64.3 Å². The maximum absolute atomic E-state index is 11.2. The summed E-state index contributed by atoms with van der Waals surface area (Å²) in [6.45, 7) is 2.19. The topological polar surface area (TPSA) is 52.3 Å². The minimum absolute atomic E-state index is 0.283. The van der Waals surface area contributed by atoms with E-state index in [1.807, 2.05) is 0 Å². The number of carbonyl (C=O) groups excluding carboxylic acids is 1. The number of nitrogens with two attached hydrogens (primary N) is 1. The lowest BCUT2D eigenvalue weighted by Crippen LogP contribution is -2.33. The third-order valence-electron chi connectivity index (χ3n) is 3.95. The fourth-order valence-electron chi connectivity index (χ4n) is 2.79. The van der Waals surface area contributed by atoms with E-state index in [1.165, 1.54) is 52.1 Å². The molecule has 2 atom stereocenters. The summed E-state index contributed by atoms with van der Waals surface area (Å²) in [4.78, 5) is 11.2. The van der Waals surface area contributed by atoms with Gasteiger partial charge in [-0.25, -0.2) is 0 Å². The number of esters is 1. The van der Waals surface area contributed by atoms with Crippen LogP contribution in [0.2, 0.25) is 0 Å². The minimum atomic E-state index is -0.443. The van der Waals surface area contributed by atoms with Gasteiger partial charge in [-0.05, 0) is 18.3 Å². The average Bonchev–Trinajstić information content (AvgIpc) is 2.36. The molecule has 17 heavy (non-hydrogen) atoms. The summed E-state index contributed by atoms with van der Waals surface area (Å²) < 4.78 is 4.64. The molecule has 0 amide bonds. The van der Waals surface area contributed by atoms with Crippen molar-refractivity contribution in [1.82, 2.24) is 0 Å². The maximum atomic E-state index is 11.2. The summed E-state index contributed by atoms with van der Waals surface area (Å²) in [5.41, 5.74) is 5.76. The van der Waals surface area contributed by atoms with Crippen LogP contribution >= 0.6 is 0 Å². The molecule has 100 valence electrons. The van der Waals surface area contributed by atoms with E-state index in [1.54, 1.807) is 0 Å². The van der Waals surface area contributed by atoms with Gasteiger partial charge in [-0.2, -0.15) is 0 Å². The summed E-state index contributed by atoms with van der Waals surface area (Å²) in [5.74, 6) is 1.15. The molecule has 0 bridgehead atoms. The second-order valence-corrected chi connectivity index (χ2v) is 5.55. The Morgan fingerprint density at radius 1 is 1.35 bits per heavy atom. The zero-order valence-electron chi connectivity index (χ0n) is 11.3. The van der Waals surface area contributed by atoms with Crippen molar-refractivity contribution in [3.8, 4) is 0 Å². The van der Waals surface area contributed by atoms with Crippen molar-refractivity contribution in [1.29, 1.82) is 0 Å². The molecule has 1 rings (SSSR count). The van der Waals surface area contributed by atoms with Crippen LogP contribution in [0.1, 0.15) is 58.3 Å². The van der Waals surface area contributed by atoms with Crippen molar-refractivity contribution in [3.63, 3.8) is 0 Å². The zero-order chi connectivity index (χ0) is 12.7. The second-order valence-electron chi connectivity index (χ2n) is 5.55. The monoisotopic (exact) mass is 241 g/mol. The van der Waals surface area contributed by atoms with Crippen molar-refractivity contribution in [3.05, 3.63) is 0 Å². The Balaban J connectivity index is 2.15. The van der Waals surface area contributed by atoms with E-state index < -0.39 is 6.04 Å². The molecule has 3 nitrogen and oxygen atoms in total. The first-order valence-corrected chi connectivity index (χ1v) is 6.97. The van der Waals surface area contributed by atoms with Crippen LogP contribution in [-0.2, 0) is 9.53 Å². The first-order valence-electron chi connectivity index (χ1n) is 6.97. The molecule has 2 unspecified atom stereocenters. The molecular weight excluding hydrogens is 214 g/mol. The molecule has 1 fully saturated rings. The summed E-state index contributed by atoms with van der Waals surface area (Å²) in [7, 11) is 1.40. The van der Waals surface area contributed by atoms with Gasteiger partial charge in [0.05, 0.1) is 7.11 Å². The van der Waals surface area contributed by atoms with E-state index in [0.29, 0.717) is 5.92 Å². The Labute approximate surface area is 105 Å².